The molecule has 6 heteroatoms. The number of carbonyl (C=O) groups excluding carboxylic acids is 1. The van der Waals surface area contributed by atoms with Gasteiger partial charge in [-0.1, -0.05) is 0 Å². The summed E-state index contributed by atoms with van der Waals surface area (Å²) in [5.41, 5.74) is -0.514. The minimum atomic E-state index is -4.42. The molecule has 0 aromatic carbocycles. The van der Waals surface area contributed by atoms with Gasteiger partial charge in [0.15, 0.2) is 5.69 Å². The van der Waals surface area contributed by atoms with Crippen LogP contribution in [0.3, 0.4) is 0 Å². The van der Waals surface area contributed by atoms with E-state index in [2.05, 4.69) is 5.10 Å². The molecule has 1 aromatic heterocycles. The Bertz CT molecular complexity index is 330. The standard InChI is InChI=1S/C8H9F3N2O/c1-6-5-7(8(9,10)11)12-13(6)3-2-4-14/h4-5H,2-3H2,1H3. The molecule has 0 N–H and O–H groups in total. The van der Waals surface area contributed by atoms with Crippen molar-refractivity contribution >= 4 is 6.29 Å². The molecule has 1 heterocycles. The van der Waals surface area contributed by atoms with Gasteiger partial charge in [0.25, 0.3) is 0 Å². The monoisotopic (exact) mass is 206 g/mol. The summed E-state index contributed by atoms with van der Waals surface area (Å²) in [7, 11) is 0. The maximum Gasteiger partial charge on any atom is 0.435 e. The van der Waals surface area contributed by atoms with Gasteiger partial charge in [0, 0.05) is 18.7 Å². The molecule has 0 fully saturated rings. The molecule has 78 valence electrons. The van der Waals surface area contributed by atoms with Gasteiger partial charge in [-0.2, -0.15) is 18.3 Å². The number of halogens is 3. The lowest BCUT2D eigenvalue weighted by Gasteiger charge is -2.01. The average Bonchev–Trinajstić information content (AvgIpc) is 2.43. The van der Waals surface area contributed by atoms with Crippen LogP contribution >= 0.6 is 0 Å². The Morgan fingerprint density at radius 2 is 2.21 bits per heavy atom. The van der Waals surface area contributed by atoms with Crippen molar-refractivity contribution in [3.63, 3.8) is 0 Å². The first kappa shape index (κ1) is 10.7. The van der Waals surface area contributed by atoms with E-state index in [1.807, 2.05) is 0 Å². The van der Waals surface area contributed by atoms with Crippen molar-refractivity contribution in [1.29, 1.82) is 0 Å². The minimum Gasteiger partial charge on any atom is -0.303 e. The maximum atomic E-state index is 12.2. The number of nitrogens with zero attached hydrogens (tertiary/aromatic N) is 2. The van der Waals surface area contributed by atoms with Crippen LogP contribution in [0.25, 0.3) is 0 Å². The number of carbonyl (C=O) groups is 1. The zero-order valence-electron chi connectivity index (χ0n) is 7.51. The Morgan fingerprint density at radius 1 is 1.57 bits per heavy atom. The molecule has 0 aliphatic carbocycles. The average molecular weight is 206 g/mol. The Hall–Kier alpha value is -1.33. The number of hydrogen-bond acceptors (Lipinski definition) is 2. The van der Waals surface area contributed by atoms with Gasteiger partial charge in [-0.25, -0.2) is 0 Å². The van der Waals surface area contributed by atoms with Crippen LogP contribution in [-0.4, -0.2) is 16.1 Å². The van der Waals surface area contributed by atoms with Gasteiger partial charge < -0.3 is 4.79 Å². The second-order valence-electron chi connectivity index (χ2n) is 2.85. The molecule has 0 spiro atoms. The highest BCUT2D eigenvalue weighted by Crippen LogP contribution is 2.28. The molecular formula is C8H9F3N2O. The molecule has 0 unspecified atom stereocenters. The second-order valence-corrected chi connectivity index (χ2v) is 2.85. The zero-order chi connectivity index (χ0) is 10.8. The van der Waals surface area contributed by atoms with E-state index >= 15 is 0 Å². The third kappa shape index (κ3) is 2.34. The zero-order valence-corrected chi connectivity index (χ0v) is 7.51. The molecule has 0 aliphatic rings. The van der Waals surface area contributed by atoms with E-state index in [0.29, 0.717) is 12.0 Å². The van der Waals surface area contributed by atoms with Crippen molar-refractivity contribution in [2.45, 2.75) is 26.1 Å². The smallest absolute Gasteiger partial charge is 0.303 e. The molecule has 0 saturated heterocycles. The largest absolute Gasteiger partial charge is 0.435 e. The van der Waals surface area contributed by atoms with Crippen LogP contribution in [0.5, 0.6) is 0 Å². The van der Waals surface area contributed by atoms with Gasteiger partial charge in [0.1, 0.15) is 6.29 Å². The molecule has 3 nitrogen and oxygen atoms in total. The SMILES string of the molecule is Cc1cc(C(F)(F)F)nn1CCC=O. The first-order chi connectivity index (χ1) is 6.45. The Kier molecular flexibility index (Phi) is 2.93. The van der Waals surface area contributed by atoms with Crippen molar-refractivity contribution in [3.05, 3.63) is 17.5 Å². The summed E-state index contributed by atoms with van der Waals surface area (Å²) in [6.45, 7) is 1.71. The number of aldehydes is 1. The number of aromatic nitrogens is 2. The lowest BCUT2D eigenvalue weighted by Crippen LogP contribution is -2.08. The van der Waals surface area contributed by atoms with Crippen molar-refractivity contribution in [2.75, 3.05) is 0 Å². The Balaban J connectivity index is 2.87. The summed E-state index contributed by atoms with van der Waals surface area (Å²) in [6.07, 6.45) is -3.61. The molecule has 0 amide bonds. The van der Waals surface area contributed by atoms with Crippen LogP contribution in [-0.2, 0) is 17.5 Å². The van der Waals surface area contributed by atoms with Crippen LogP contribution < -0.4 is 0 Å². The maximum absolute atomic E-state index is 12.2. The summed E-state index contributed by atoms with van der Waals surface area (Å²) >= 11 is 0. The molecule has 1 aromatic rings. The number of hydrogen-bond donors (Lipinski definition) is 0. The summed E-state index contributed by atoms with van der Waals surface area (Å²) in [4.78, 5) is 10.0. The lowest BCUT2D eigenvalue weighted by atomic mass is 10.3. The molecule has 0 atom stereocenters. The van der Waals surface area contributed by atoms with Crippen LogP contribution in [0.15, 0.2) is 6.07 Å². The van der Waals surface area contributed by atoms with Gasteiger partial charge in [-0.05, 0) is 13.0 Å². The summed E-state index contributed by atoms with van der Waals surface area (Å²) in [5, 5.41) is 3.35. The minimum absolute atomic E-state index is 0.166. The topological polar surface area (TPSA) is 34.9 Å². The molecule has 0 saturated carbocycles. The summed E-state index contributed by atoms with van der Waals surface area (Å²) in [6, 6.07) is 0.963. The predicted molar refractivity (Wildman–Crippen MR) is 42.6 cm³/mol. The number of aryl methyl sites for hydroxylation is 2. The van der Waals surface area contributed by atoms with Gasteiger partial charge >= 0.3 is 6.18 Å². The Labute approximate surface area is 78.5 Å². The van der Waals surface area contributed by atoms with Gasteiger partial charge in [-0.3, -0.25) is 4.68 Å². The fourth-order valence-electron chi connectivity index (χ4n) is 1.05. The summed E-state index contributed by atoms with van der Waals surface area (Å²) in [5.74, 6) is 0. The van der Waals surface area contributed by atoms with E-state index in [1.165, 1.54) is 11.6 Å². The molecule has 0 bridgehead atoms. The second kappa shape index (κ2) is 3.81. The third-order valence-electron chi connectivity index (χ3n) is 1.73. The highest BCUT2D eigenvalue weighted by Gasteiger charge is 2.34. The first-order valence-electron chi connectivity index (χ1n) is 4.00. The van der Waals surface area contributed by atoms with Gasteiger partial charge in [0.2, 0.25) is 0 Å². The van der Waals surface area contributed by atoms with E-state index in [0.717, 1.165) is 6.07 Å². The molecule has 14 heavy (non-hydrogen) atoms. The van der Waals surface area contributed by atoms with Crippen LogP contribution in [0.4, 0.5) is 13.2 Å². The highest BCUT2D eigenvalue weighted by molar-refractivity contribution is 5.48. The lowest BCUT2D eigenvalue weighted by molar-refractivity contribution is -0.141. The molecule has 0 radical (unpaired) electrons. The van der Waals surface area contributed by atoms with E-state index in [-0.39, 0.29) is 13.0 Å². The van der Waals surface area contributed by atoms with Gasteiger partial charge in [-0.15, -0.1) is 0 Å². The van der Waals surface area contributed by atoms with Crippen LogP contribution in [0, 0.1) is 6.92 Å². The van der Waals surface area contributed by atoms with Crippen molar-refractivity contribution < 1.29 is 18.0 Å². The number of alkyl halides is 3. The fraction of sp³-hybridized carbons (Fsp3) is 0.500. The Morgan fingerprint density at radius 3 is 2.64 bits per heavy atom. The quantitative estimate of drug-likeness (QED) is 0.707. The van der Waals surface area contributed by atoms with Crippen molar-refractivity contribution in [1.82, 2.24) is 9.78 Å². The van der Waals surface area contributed by atoms with E-state index in [9.17, 15) is 18.0 Å². The fourth-order valence-corrected chi connectivity index (χ4v) is 1.05. The van der Waals surface area contributed by atoms with Crippen molar-refractivity contribution in [3.8, 4) is 0 Å². The van der Waals surface area contributed by atoms with E-state index in [4.69, 9.17) is 0 Å². The third-order valence-corrected chi connectivity index (χ3v) is 1.73. The van der Waals surface area contributed by atoms with Crippen molar-refractivity contribution in [2.24, 2.45) is 0 Å². The highest BCUT2D eigenvalue weighted by atomic mass is 19.4. The van der Waals surface area contributed by atoms with E-state index < -0.39 is 11.9 Å². The first-order valence-corrected chi connectivity index (χ1v) is 4.00. The molecule has 1 rings (SSSR count). The molecule has 0 aliphatic heterocycles. The van der Waals surface area contributed by atoms with Gasteiger partial charge in [0.05, 0.1) is 0 Å². The van der Waals surface area contributed by atoms with Crippen LogP contribution in [0.1, 0.15) is 17.8 Å². The normalized spacial score (nSPS) is 11.7. The predicted octanol–water partition coefficient (Wildman–Crippen LogP) is 1.80. The van der Waals surface area contributed by atoms with Crippen LogP contribution in [0.2, 0.25) is 0 Å². The van der Waals surface area contributed by atoms with E-state index in [1.54, 1.807) is 0 Å². The number of rotatable bonds is 3. The summed E-state index contributed by atoms with van der Waals surface area (Å²) < 4.78 is 37.7. The molecular weight excluding hydrogens is 197 g/mol.